The fraction of sp³-hybridized carbons (Fsp3) is 0.400. The van der Waals surface area contributed by atoms with Gasteiger partial charge >= 0.3 is 0 Å². The molecule has 2 unspecified atom stereocenters. The summed E-state index contributed by atoms with van der Waals surface area (Å²) in [4.78, 5) is 31.6. The standard InChI is InChI=1S/C30H36FN5O2S/c31-23-9-11-24(12-10-23)36-15-13-35(14-16-36)20-22-8-7-21(30(38)34-27-6-2-1-5-26(27)32)18-28(22)33-29(37)19-25-4-3-17-39-25/h3-4,7-12,17-18,26-27H,1-2,5-6,13-16,19-20,32H2,(H,33,37)(H,34,38). The lowest BCUT2D eigenvalue weighted by Crippen LogP contribution is -2.49. The SMILES string of the molecule is NC1CCCCC1NC(=O)c1ccc(CN2CCN(c3ccc(F)cc3)CC2)c(NC(=O)Cc2cccs2)c1. The Bertz CT molecular complexity index is 1260. The van der Waals surface area contributed by atoms with Crippen LogP contribution in [0.1, 0.15) is 46.5 Å². The first-order valence-corrected chi connectivity index (χ1v) is 14.6. The molecule has 9 heteroatoms. The third-order valence-corrected chi connectivity index (χ3v) is 8.53. The molecule has 206 valence electrons. The van der Waals surface area contributed by atoms with Gasteiger partial charge in [0.2, 0.25) is 5.91 Å². The number of nitrogens with one attached hydrogen (secondary N) is 2. The van der Waals surface area contributed by atoms with Crippen molar-refractivity contribution < 1.29 is 14.0 Å². The van der Waals surface area contributed by atoms with Crippen LogP contribution in [0.5, 0.6) is 0 Å². The van der Waals surface area contributed by atoms with E-state index < -0.39 is 0 Å². The number of hydrogen-bond acceptors (Lipinski definition) is 6. The molecule has 2 atom stereocenters. The highest BCUT2D eigenvalue weighted by Gasteiger charge is 2.25. The van der Waals surface area contributed by atoms with Crippen molar-refractivity contribution in [2.75, 3.05) is 36.4 Å². The van der Waals surface area contributed by atoms with Gasteiger partial charge in [0.25, 0.3) is 5.91 Å². The summed E-state index contributed by atoms with van der Waals surface area (Å²) in [5.41, 5.74) is 9.42. The Morgan fingerprint density at radius 1 is 1.00 bits per heavy atom. The number of piperazine rings is 1. The van der Waals surface area contributed by atoms with Gasteiger partial charge in [0.15, 0.2) is 0 Å². The molecular formula is C30H36FN5O2S. The predicted molar refractivity (Wildman–Crippen MR) is 155 cm³/mol. The van der Waals surface area contributed by atoms with Crippen LogP contribution >= 0.6 is 11.3 Å². The van der Waals surface area contributed by atoms with Gasteiger partial charge in [-0.15, -0.1) is 11.3 Å². The quantitative estimate of drug-likeness (QED) is 0.388. The van der Waals surface area contributed by atoms with E-state index in [-0.39, 0.29) is 29.7 Å². The number of rotatable bonds is 8. The average Bonchev–Trinajstić information content (AvgIpc) is 3.45. The van der Waals surface area contributed by atoms with Crippen molar-refractivity contribution in [2.24, 2.45) is 5.73 Å². The highest BCUT2D eigenvalue weighted by molar-refractivity contribution is 7.10. The predicted octanol–water partition coefficient (Wildman–Crippen LogP) is 4.39. The molecule has 1 saturated carbocycles. The molecule has 2 aliphatic rings. The summed E-state index contributed by atoms with van der Waals surface area (Å²) in [5, 5.41) is 8.15. The van der Waals surface area contributed by atoms with Gasteiger partial charge in [-0.25, -0.2) is 4.39 Å². The van der Waals surface area contributed by atoms with E-state index in [1.807, 2.05) is 41.8 Å². The molecule has 4 N–H and O–H groups in total. The van der Waals surface area contributed by atoms with Crippen molar-refractivity contribution in [1.82, 2.24) is 10.2 Å². The van der Waals surface area contributed by atoms with Crippen LogP contribution in [0.25, 0.3) is 0 Å². The summed E-state index contributed by atoms with van der Waals surface area (Å²) in [7, 11) is 0. The highest BCUT2D eigenvalue weighted by Crippen LogP contribution is 2.24. The number of thiophene rings is 1. The van der Waals surface area contributed by atoms with Crippen LogP contribution in [0.2, 0.25) is 0 Å². The minimum Gasteiger partial charge on any atom is -0.369 e. The zero-order valence-electron chi connectivity index (χ0n) is 22.1. The van der Waals surface area contributed by atoms with Crippen LogP contribution in [0.3, 0.4) is 0 Å². The maximum Gasteiger partial charge on any atom is 0.251 e. The largest absolute Gasteiger partial charge is 0.369 e. The second-order valence-electron chi connectivity index (χ2n) is 10.4. The first-order valence-electron chi connectivity index (χ1n) is 13.7. The summed E-state index contributed by atoms with van der Waals surface area (Å²) >= 11 is 1.55. The Morgan fingerprint density at radius 3 is 2.49 bits per heavy atom. The second-order valence-corrected chi connectivity index (χ2v) is 11.5. The molecule has 2 aromatic carbocycles. The van der Waals surface area contributed by atoms with Gasteiger partial charge in [0.1, 0.15) is 5.82 Å². The Balaban J connectivity index is 1.28. The average molecular weight is 550 g/mol. The van der Waals surface area contributed by atoms with Gasteiger partial charge in [-0.05, 0) is 66.2 Å². The highest BCUT2D eigenvalue weighted by atomic mass is 32.1. The molecule has 1 aliphatic heterocycles. The fourth-order valence-electron chi connectivity index (χ4n) is 5.39. The van der Waals surface area contributed by atoms with E-state index in [9.17, 15) is 14.0 Å². The van der Waals surface area contributed by atoms with Gasteiger partial charge in [0.05, 0.1) is 6.42 Å². The topological polar surface area (TPSA) is 90.7 Å². The van der Waals surface area contributed by atoms with Crippen LogP contribution in [0.15, 0.2) is 60.0 Å². The molecule has 1 aromatic heterocycles. The lowest BCUT2D eigenvalue weighted by atomic mass is 9.91. The van der Waals surface area contributed by atoms with Crippen molar-refractivity contribution >= 4 is 34.5 Å². The lowest BCUT2D eigenvalue weighted by molar-refractivity contribution is -0.115. The van der Waals surface area contributed by atoms with E-state index in [0.717, 1.165) is 68.0 Å². The van der Waals surface area contributed by atoms with Crippen molar-refractivity contribution in [1.29, 1.82) is 0 Å². The summed E-state index contributed by atoms with van der Waals surface area (Å²) in [6, 6.07) is 16.0. The van der Waals surface area contributed by atoms with Gasteiger partial charge < -0.3 is 21.3 Å². The number of halogens is 1. The summed E-state index contributed by atoms with van der Waals surface area (Å²) in [6.45, 7) is 3.98. The van der Waals surface area contributed by atoms with Crippen LogP contribution in [0.4, 0.5) is 15.8 Å². The van der Waals surface area contributed by atoms with E-state index in [0.29, 0.717) is 24.2 Å². The Kier molecular flexibility index (Phi) is 8.91. The fourth-order valence-corrected chi connectivity index (χ4v) is 6.09. The zero-order chi connectivity index (χ0) is 27.2. The molecule has 1 aliphatic carbocycles. The molecule has 0 radical (unpaired) electrons. The molecule has 2 heterocycles. The molecule has 0 bridgehead atoms. The maximum absolute atomic E-state index is 13.3. The van der Waals surface area contributed by atoms with Crippen molar-refractivity contribution in [3.63, 3.8) is 0 Å². The summed E-state index contributed by atoms with van der Waals surface area (Å²) in [5.74, 6) is -0.498. The third-order valence-electron chi connectivity index (χ3n) is 7.65. The Labute approximate surface area is 233 Å². The molecule has 2 fully saturated rings. The number of benzene rings is 2. The minimum atomic E-state index is -0.232. The van der Waals surface area contributed by atoms with Crippen LogP contribution in [0, 0.1) is 5.82 Å². The number of hydrogen-bond donors (Lipinski definition) is 3. The lowest BCUT2D eigenvalue weighted by Gasteiger charge is -2.36. The summed E-state index contributed by atoms with van der Waals surface area (Å²) < 4.78 is 13.3. The zero-order valence-corrected chi connectivity index (χ0v) is 22.9. The van der Waals surface area contributed by atoms with E-state index in [4.69, 9.17) is 5.73 Å². The van der Waals surface area contributed by atoms with Crippen molar-refractivity contribution in [3.8, 4) is 0 Å². The van der Waals surface area contributed by atoms with Crippen LogP contribution in [-0.2, 0) is 17.8 Å². The minimum absolute atomic E-state index is 0.0273. The number of nitrogens with two attached hydrogens (primary N) is 1. The molecule has 7 nitrogen and oxygen atoms in total. The molecule has 5 rings (SSSR count). The molecule has 1 saturated heterocycles. The van der Waals surface area contributed by atoms with Crippen LogP contribution < -0.4 is 21.3 Å². The van der Waals surface area contributed by atoms with Gasteiger partial charge in [0, 0.05) is 66.6 Å². The summed E-state index contributed by atoms with van der Waals surface area (Å²) in [6.07, 6.45) is 4.26. The normalized spacial score (nSPS) is 20.0. The Hall–Kier alpha value is -3.27. The molecular weight excluding hydrogens is 513 g/mol. The van der Waals surface area contributed by atoms with E-state index in [1.165, 1.54) is 12.1 Å². The first kappa shape index (κ1) is 27.3. The third kappa shape index (κ3) is 7.23. The smallest absolute Gasteiger partial charge is 0.251 e. The van der Waals surface area contributed by atoms with Crippen LogP contribution in [-0.4, -0.2) is 55.0 Å². The van der Waals surface area contributed by atoms with E-state index in [1.54, 1.807) is 17.4 Å². The van der Waals surface area contributed by atoms with Crippen molar-refractivity contribution in [3.05, 3.63) is 81.8 Å². The van der Waals surface area contributed by atoms with Gasteiger partial charge in [-0.2, -0.15) is 0 Å². The number of nitrogens with zero attached hydrogens (tertiary/aromatic N) is 2. The monoisotopic (exact) mass is 549 g/mol. The van der Waals surface area contributed by atoms with Gasteiger partial charge in [-0.1, -0.05) is 25.0 Å². The number of anilines is 2. The molecule has 2 amide bonds. The van der Waals surface area contributed by atoms with E-state index >= 15 is 0 Å². The number of amides is 2. The number of carbonyl (C=O) groups is 2. The van der Waals surface area contributed by atoms with Crippen molar-refractivity contribution in [2.45, 2.75) is 50.7 Å². The first-order chi connectivity index (χ1) is 18.9. The number of carbonyl (C=O) groups excluding carboxylic acids is 2. The molecule has 3 aromatic rings. The maximum atomic E-state index is 13.3. The molecule has 0 spiro atoms. The van der Waals surface area contributed by atoms with Gasteiger partial charge in [-0.3, -0.25) is 14.5 Å². The van der Waals surface area contributed by atoms with E-state index in [2.05, 4.69) is 20.4 Å². The second kappa shape index (κ2) is 12.7. The Morgan fingerprint density at radius 2 is 1.77 bits per heavy atom. The molecule has 39 heavy (non-hydrogen) atoms.